The first-order chi connectivity index (χ1) is 6.34. The highest BCUT2D eigenvalue weighted by molar-refractivity contribution is 5.10. The molecule has 0 saturated heterocycles. The van der Waals surface area contributed by atoms with Crippen LogP contribution in [0.4, 0.5) is 0 Å². The number of rotatable bonds is 3. The summed E-state index contributed by atoms with van der Waals surface area (Å²) < 4.78 is 1.98. The van der Waals surface area contributed by atoms with Crippen LogP contribution in [0.5, 0.6) is 5.75 Å². The first-order valence-corrected chi connectivity index (χ1v) is 5.08. The Morgan fingerprint density at radius 2 is 1.92 bits per heavy atom. The fourth-order valence-corrected chi connectivity index (χ4v) is 2.18. The summed E-state index contributed by atoms with van der Waals surface area (Å²) >= 11 is 0. The quantitative estimate of drug-likeness (QED) is 0.768. The number of hydrogen-bond acceptors (Lipinski definition) is 2. The van der Waals surface area contributed by atoms with Crippen molar-refractivity contribution in [1.82, 2.24) is 9.78 Å². The Hall–Kier alpha value is -0.990. The number of nitrogens with zero attached hydrogens (tertiary/aromatic N) is 2. The van der Waals surface area contributed by atoms with Gasteiger partial charge in [0.05, 0.1) is 18.4 Å². The Labute approximate surface area is 77.4 Å². The Morgan fingerprint density at radius 3 is 2.31 bits per heavy atom. The van der Waals surface area contributed by atoms with E-state index in [1.165, 1.54) is 31.9 Å². The largest absolute Gasteiger partial charge is 0.505 e. The third-order valence-electron chi connectivity index (χ3n) is 3.10. The molecule has 2 aliphatic rings. The van der Waals surface area contributed by atoms with Gasteiger partial charge in [-0.1, -0.05) is 0 Å². The predicted molar refractivity (Wildman–Crippen MR) is 48.4 cm³/mol. The van der Waals surface area contributed by atoms with Gasteiger partial charge in [0.1, 0.15) is 0 Å². The lowest BCUT2D eigenvalue weighted by Gasteiger charge is -2.15. The topological polar surface area (TPSA) is 38.1 Å². The maximum Gasteiger partial charge on any atom is 0.153 e. The van der Waals surface area contributed by atoms with E-state index < -0.39 is 0 Å². The highest BCUT2D eigenvalue weighted by Crippen LogP contribution is 2.51. The van der Waals surface area contributed by atoms with Gasteiger partial charge in [-0.15, -0.1) is 0 Å². The van der Waals surface area contributed by atoms with Crippen molar-refractivity contribution in [3.8, 4) is 5.75 Å². The van der Waals surface area contributed by atoms with Crippen molar-refractivity contribution in [2.24, 2.45) is 11.8 Å². The van der Waals surface area contributed by atoms with E-state index in [9.17, 15) is 5.11 Å². The Morgan fingerprint density at radius 1 is 1.31 bits per heavy atom. The monoisotopic (exact) mass is 178 g/mol. The van der Waals surface area contributed by atoms with Gasteiger partial charge in [-0.05, 0) is 37.5 Å². The third-order valence-corrected chi connectivity index (χ3v) is 3.10. The summed E-state index contributed by atoms with van der Waals surface area (Å²) in [6.07, 6.45) is 8.70. The molecule has 3 nitrogen and oxygen atoms in total. The fraction of sp³-hybridized carbons (Fsp3) is 0.700. The molecule has 0 radical (unpaired) electrons. The molecule has 1 heterocycles. The zero-order chi connectivity index (χ0) is 8.84. The predicted octanol–water partition coefficient (Wildman–Crippen LogP) is 1.95. The van der Waals surface area contributed by atoms with E-state index in [0.717, 1.165) is 11.8 Å². The van der Waals surface area contributed by atoms with Crippen LogP contribution in [0.3, 0.4) is 0 Å². The molecular formula is C10H14N2O. The first kappa shape index (κ1) is 7.42. The average Bonchev–Trinajstić information content (AvgIpc) is 2.95. The van der Waals surface area contributed by atoms with Gasteiger partial charge in [0, 0.05) is 0 Å². The van der Waals surface area contributed by atoms with Gasteiger partial charge in [0.2, 0.25) is 0 Å². The lowest BCUT2D eigenvalue weighted by molar-refractivity contribution is 0.359. The molecule has 0 unspecified atom stereocenters. The Bertz CT molecular complexity index is 300. The minimum Gasteiger partial charge on any atom is -0.505 e. The molecule has 0 aliphatic heterocycles. The molecule has 0 atom stereocenters. The normalized spacial score (nSPS) is 22.5. The molecule has 1 aromatic rings. The minimum absolute atomic E-state index is 0.298. The summed E-state index contributed by atoms with van der Waals surface area (Å²) in [6, 6.07) is 0.584. The van der Waals surface area contributed by atoms with Crippen LogP contribution in [-0.2, 0) is 0 Å². The maximum absolute atomic E-state index is 9.22. The molecule has 2 aliphatic carbocycles. The Balaban J connectivity index is 1.86. The van der Waals surface area contributed by atoms with Gasteiger partial charge in [-0.3, -0.25) is 4.68 Å². The molecule has 13 heavy (non-hydrogen) atoms. The highest BCUT2D eigenvalue weighted by atomic mass is 16.3. The van der Waals surface area contributed by atoms with Gasteiger partial charge in [-0.25, -0.2) is 0 Å². The van der Waals surface area contributed by atoms with Crippen LogP contribution < -0.4 is 0 Å². The molecule has 1 aromatic heterocycles. The van der Waals surface area contributed by atoms with Crippen LogP contribution in [0.1, 0.15) is 31.7 Å². The minimum atomic E-state index is 0.298. The molecule has 1 N–H and O–H groups in total. The number of aromatic hydroxyl groups is 1. The van der Waals surface area contributed by atoms with Gasteiger partial charge < -0.3 is 5.11 Å². The highest BCUT2D eigenvalue weighted by Gasteiger charge is 2.42. The molecule has 0 spiro atoms. The number of aromatic nitrogens is 2. The zero-order valence-electron chi connectivity index (χ0n) is 7.56. The molecule has 70 valence electrons. The molecule has 0 bridgehead atoms. The van der Waals surface area contributed by atoms with E-state index in [-0.39, 0.29) is 0 Å². The van der Waals surface area contributed by atoms with Gasteiger partial charge in [0.25, 0.3) is 0 Å². The van der Waals surface area contributed by atoms with Crippen molar-refractivity contribution in [2.75, 3.05) is 0 Å². The standard InChI is InChI=1S/C10H14N2O/c13-9-5-11-12(6-9)10(7-1-2-7)8-3-4-8/h5-8,10,13H,1-4H2. The molecule has 2 fully saturated rings. The summed E-state index contributed by atoms with van der Waals surface area (Å²) in [6.45, 7) is 0. The van der Waals surface area contributed by atoms with Crippen molar-refractivity contribution < 1.29 is 5.11 Å². The van der Waals surface area contributed by atoms with E-state index in [2.05, 4.69) is 5.10 Å². The van der Waals surface area contributed by atoms with Crippen LogP contribution in [0.15, 0.2) is 12.4 Å². The average molecular weight is 178 g/mol. The SMILES string of the molecule is Oc1cnn(C(C2CC2)C2CC2)c1. The van der Waals surface area contributed by atoms with Crippen LogP contribution in [-0.4, -0.2) is 14.9 Å². The zero-order valence-corrected chi connectivity index (χ0v) is 7.56. The van der Waals surface area contributed by atoms with E-state index in [1.54, 1.807) is 6.20 Å². The third kappa shape index (κ3) is 1.32. The molecular weight excluding hydrogens is 164 g/mol. The summed E-state index contributed by atoms with van der Waals surface area (Å²) in [7, 11) is 0. The van der Waals surface area contributed by atoms with Crippen molar-refractivity contribution >= 4 is 0 Å². The second-order valence-electron chi connectivity index (χ2n) is 4.34. The lowest BCUT2D eigenvalue weighted by atomic mass is 10.1. The van der Waals surface area contributed by atoms with Gasteiger partial charge >= 0.3 is 0 Å². The van der Waals surface area contributed by atoms with Crippen molar-refractivity contribution in [2.45, 2.75) is 31.7 Å². The molecule has 0 amide bonds. The van der Waals surface area contributed by atoms with Gasteiger partial charge in [-0.2, -0.15) is 5.10 Å². The van der Waals surface area contributed by atoms with Gasteiger partial charge in [0.15, 0.2) is 5.75 Å². The smallest absolute Gasteiger partial charge is 0.153 e. The molecule has 3 rings (SSSR count). The molecule has 3 heteroatoms. The molecule has 0 aromatic carbocycles. The van der Waals surface area contributed by atoms with E-state index in [1.807, 2.05) is 4.68 Å². The Kier molecular flexibility index (Phi) is 1.43. The lowest BCUT2D eigenvalue weighted by Crippen LogP contribution is -2.13. The van der Waals surface area contributed by atoms with Crippen LogP contribution in [0.25, 0.3) is 0 Å². The summed E-state index contributed by atoms with van der Waals surface area (Å²) in [5, 5.41) is 13.4. The first-order valence-electron chi connectivity index (χ1n) is 5.08. The summed E-state index contributed by atoms with van der Waals surface area (Å²) in [5.41, 5.74) is 0. The van der Waals surface area contributed by atoms with Crippen LogP contribution in [0.2, 0.25) is 0 Å². The number of hydrogen-bond donors (Lipinski definition) is 1. The summed E-state index contributed by atoms with van der Waals surface area (Å²) in [4.78, 5) is 0. The molecule has 2 saturated carbocycles. The maximum atomic E-state index is 9.22. The van der Waals surface area contributed by atoms with Crippen LogP contribution in [0, 0.1) is 11.8 Å². The van der Waals surface area contributed by atoms with Crippen molar-refractivity contribution in [3.05, 3.63) is 12.4 Å². The second-order valence-corrected chi connectivity index (χ2v) is 4.34. The second kappa shape index (κ2) is 2.50. The fourth-order valence-electron chi connectivity index (χ4n) is 2.18. The summed E-state index contributed by atoms with van der Waals surface area (Å²) in [5.74, 6) is 1.98. The van der Waals surface area contributed by atoms with Crippen molar-refractivity contribution in [3.63, 3.8) is 0 Å². The van der Waals surface area contributed by atoms with Crippen molar-refractivity contribution in [1.29, 1.82) is 0 Å². The van der Waals surface area contributed by atoms with Crippen LogP contribution >= 0.6 is 0 Å². The van der Waals surface area contributed by atoms with E-state index >= 15 is 0 Å². The van der Waals surface area contributed by atoms with E-state index in [4.69, 9.17) is 0 Å². The van der Waals surface area contributed by atoms with E-state index in [0.29, 0.717) is 11.8 Å².